The van der Waals surface area contributed by atoms with Crippen molar-refractivity contribution in [2.24, 2.45) is 5.11 Å². The van der Waals surface area contributed by atoms with E-state index in [1.54, 1.807) is 0 Å². The first-order valence-electron chi connectivity index (χ1n) is 3.89. The second-order valence-electron chi connectivity index (χ2n) is 2.54. The number of hydrogen-bond acceptors (Lipinski definition) is 2. The largest absolute Gasteiger partial charge is 0.396 e. The summed E-state index contributed by atoms with van der Waals surface area (Å²) in [6.07, 6.45) is 0. The van der Waals surface area contributed by atoms with Crippen LogP contribution >= 0.6 is 0 Å². The standard InChI is InChI=1S/C9H6F2N4/c10-7-5-9(12)8(11)4-6(7)2-1-3-14-15-13/h4-5H,3,12H2. The monoisotopic (exact) mass is 208 g/mol. The third-order valence-corrected chi connectivity index (χ3v) is 1.52. The average molecular weight is 208 g/mol. The Hall–Kier alpha value is -2.25. The molecule has 76 valence electrons. The number of halogens is 2. The molecule has 15 heavy (non-hydrogen) atoms. The van der Waals surface area contributed by atoms with E-state index in [2.05, 4.69) is 21.9 Å². The Balaban J connectivity index is 2.98. The summed E-state index contributed by atoms with van der Waals surface area (Å²) in [4.78, 5) is 2.46. The Kier molecular flexibility index (Phi) is 3.49. The van der Waals surface area contributed by atoms with Gasteiger partial charge >= 0.3 is 0 Å². The summed E-state index contributed by atoms with van der Waals surface area (Å²) in [5.41, 5.74) is 12.7. The first-order chi connectivity index (χ1) is 7.15. The molecular weight excluding hydrogens is 202 g/mol. The normalized spacial score (nSPS) is 8.67. The minimum Gasteiger partial charge on any atom is -0.396 e. The van der Waals surface area contributed by atoms with Crippen LogP contribution in [0.3, 0.4) is 0 Å². The van der Waals surface area contributed by atoms with Crippen LogP contribution in [0.15, 0.2) is 17.2 Å². The van der Waals surface area contributed by atoms with Crippen LogP contribution in [0.5, 0.6) is 0 Å². The summed E-state index contributed by atoms with van der Waals surface area (Å²) in [5, 5.41) is 3.12. The molecule has 0 atom stereocenters. The SMILES string of the molecule is [N-]=[N+]=NCC#Cc1cc(F)c(N)cc1F. The van der Waals surface area contributed by atoms with E-state index in [4.69, 9.17) is 11.3 Å². The van der Waals surface area contributed by atoms with E-state index in [9.17, 15) is 8.78 Å². The predicted octanol–water partition coefficient (Wildman–Crippen LogP) is 2.21. The van der Waals surface area contributed by atoms with Crippen LogP contribution in [0.25, 0.3) is 10.4 Å². The van der Waals surface area contributed by atoms with E-state index >= 15 is 0 Å². The van der Waals surface area contributed by atoms with Crippen LogP contribution in [0.4, 0.5) is 14.5 Å². The minimum atomic E-state index is -0.732. The molecular formula is C9H6F2N4. The Bertz CT molecular complexity index is 481. The third-order valence-electron chi connectivity index (χ3n) is 1.52. The van der Waals surface area contributed by atoms with Gasteiger partial charge in [0.05, 0.1) is 17.8 Å². The summed E-state index contributed by atoms with van der Waals surface area (Å²) in [6, 6.07) is 1.75. The molecule has 0 aromatic heterocycles. The maximum atomic E-state index is 13.1. The fourth-order valence-electron chi connectivity index (χ4n) is 0.860. The Morgan fingerprint density at radius 2 is 2.13 bits per heavy atom. The van der Waals surface area contributed by atoms with Gasteiger partial charge in [0.1, 0.15) is 11.6 Å². The summed E-state index contributed by atoms with van der Waals surface area (Å²) < 4.78 is 26.0. The number of nitrogens with two attached hydrogens (primary N) is 1. The summed E-state index contributed by atoms with van der Waals surface area (Å²) in [6.45, 7) is -0.0953. The third kappa shape index (κ3) is 2.86. The van der Waals surface area contributed by atoms with Crippen molar-refractivity contribution in [2.45, 2.75) is 0 Å². The summed E-state index contributed by atoms with van der Waals surface area (Å²) >= 11 is 0. The molecule has 1 rings (SSSR count). The second kappa shape index (κ2) is 4.84. The number of nitrogen functional groups attached to an aromatic ring is 1. The zero-order valence-corrected chi connectivity index (χ0v) is 7.54. The Labute approximate surface area is 84.3 Å². The molecule has 0 saturated heterocycles. The molecule has 1 aromatic rings. The van der Waals surface area contributed by atoms with E-state index < -0.39 is 11.6 Å². The Morgan fingerprint density at radius 1 is 1.40 bits per heavy atom. The first kappa shape index (κ1) is 10.8. The van der Waals surface area contributed by atoms with E-state index in [1.165, 1.54) is 0 Å². The zero-order valence-electron chi connectivity index (χ0n) is 7.54. The fourth-order valence-corrected chi connectivity index (χ4v) is 0.860. The topological polar surface area (TPSA) is 74.8 Å². The van der Waals surface area contributed by atoms with Crippen molar-refractivity contribution >= 4 is 5.69 Å². The highest BCUT2D eigenvalue weighted by Crippen LogP contribution is 2.15. The molecule has 0 aliphatic heterocycles. The average Bonchev–Trinajstić information content (AvgIpc) is 2.20. The molecule has 0 saturated carbocycles. The van der Waals surface area contributed by atoms with Crippen LogP contribution in [0, 0.1) is 23.5 Å². The van der Waals surface area contributed by atoms with E-state index in [0.29, 0.717) is 0 Å². The number of anilines is 1. The number of hydrogen-bond donors (Lipinski definition) is 1. The van der Waals surface area contributed by atoms with Crippen molar-refractivity contribution in [1.29, 1.82) is 0 Å². The van der Waals surface area contributed by atoms with Gasteiger partial charge in [-0.3, -0.25) is 0 Å². The van der Waals surface area contributed by atoms with E-state index in [-0.39, 0.29) is 17.8 Å². The van der Waals surface area contributed by atoms with Gasteiger partial charge in [-0.1, -0.05) is 17.0 Å². The van der Waals surface area contributed by atoms with Gasteiger partial charge in [0.15, 0.2) is 0 Å². The molecule has 0 unspecified atom stereocenters. The van der Waals surface area contributed by atoms with Crippen LogP contribution in [-0.2, 0) is 0 Å². The molecule has 0 bridgehead atoms. The maximum Gasteiger partial charge on any atom is 0.147 e. The molecule has 2 N–H and O–H groups in total. The van der Waals surface area contributed by atoms with Crippen LogP contribution < -0.4 is 5.73 Å². The Morgan fingerprint density at radius 3 is 2.80 bits per heavy atom. The van der Waals surface area contributed by atoms with Crippen LogP contribution in [0.1, 0.15) is 5.56 Å². The fraction of sp³-hybridized carbons (Fsp3) is 0.111. The molecule has 1 aromatic carbocycles. The lowest BCUT2D eigenvalue weighted by atomic mass is 10.2. The predicted molar refractivity (Wildman–Crippen MR) is 51.7 cm³/mol. The van der Waals surface area contributed by atoms with Crippen molar-refractivity contribution in [1.82, 2.24) is 0 Å². The number of benzene rings is 1. The first-order valence-corrected chi connectivity index (χ1v) is 3.89. The second-order valence-corrected chi connectivity index (χ2v) is 2.54. The highest BCUT2D eigenvalue weighted by molar-refractivity contribution is 5.47. The lowest BCUT2D eigenvalue weighted by molar-refractivity contribution is 0.601. The summed E-state index contributed by atoms with van der Waals surface area (Å²) in [7, 11) is 0. The molecule has 0 radical (unpaired) electrons. The van der Waals surface area contributed by atoms with Gasteiger partial charge < -0.3 is 5.73 Å². The van der Waals surface area contributed by atoms with Crippen molar-refractivity contribution < 1.29 is 8.78 Å². The number of rotatable bonds is 1. The molecule has 0 aliphatic rings. The van der Waals surface area contributed by atoms with Crippen molar-refractivity contribution in [3.05, 3.63) is 39.8 Å². The van der Waals surface area contributed by atoms with Crippen molar-refractivity contribution in [2.75, 3.05) is 12.3 Å². The van der Waals surface area contributed by atoms with Crippen LogP contribution in [-0.4, -0.2) is 6.54 Å². The molecule has 0 spiro atoms. The lowest BCUT2D eigenvalue weighted by Gasteiger charge is -1.98. The van der Waals surface area contributed by atoms with Gasteiger partial charge in [-0.05, 0) is 11.6 Å². The van der Waals surface area contributed by atoms with Crippen molar-refractivity contribution in [3.8, 4) is 11.8 Å². The van der Waals surface area contributed by atoms with Gasteiger partial charge in [0, 0.05) is 11.0 Å². The molecule has 0 heterocycles. The molecule has 4 nitrogen and oxygen atoms in total. The van der Waals surface area contributed by atoms with Crippen LogP contribution in [0.2, 0.25) is 0 Å². The summed E-state index contributed by atoms with van der Waals surface area (Å²) in [5.74, 6) is 3.26. The smallest absolute Gasteiger partial charge is 0.147 e. The molecule has 0 fully saturated rings. The lowest BCUT2D eigenvalue weighted by Crippen LogP contribution is -1.94. The molecule has 0 aliphatic carbocycles. The quantitative estimate of drug-likeness (QED) is 0.248. The highest BCUT2D eigenvalue weighted by atomic mass is 19.1. The molecule has 6 heteroatoms. The van der Waals surface area contributed by atoms with Gasteiger partial charge in [-0.2, -0.15) is 0 Å². The molecule has 0 amide bonds. The zero-order chi connectivity index (χ0) is 11.3. The van der Waals surface area contributed by atoms with Crippen molar-refractivity contribution in [3.63, 3.8) is 0 Å². The number of nitrogens with zero attached hydrogens (tertiary/aromatic N) is 3. The van der Waals surface area contributed by atoms with Gasteiger partial charge in [0.2, 0.25) is 0 Å². The van der Waals surface area contributed by atoms with Gasteiger partial charge in [-0.25, -0.2) is 8.78 Å². The van der Waals surface area contributed by atoms with Gasteiger partial charge in [-0.15, -0.1) is 0 Å². The van der Waals surface area contributed by atoms with Gasteiger partial charge in [0.25, 0.3) is 0 Å². The van der Waals surface area contributed by atoms with E-state index in [1.807, 2.05) is 0 Å². The maximum absolute atomic E-state index is 13.1. The number of azide groups is 1. The highest BCUT2D eigenvalue weighted by Gasteiger charge is 2.04. The van der Waals surface area contributed by atoms with E-state index in [0.717, 1.165) is 12.1 Å². The minimum absolute atomic E-state index is 0.0953.